The number of rotatable bonds is 4. The molecule has 0 saturated heterocycles. The molecule has 0 aliphatic rings. The summed E-state index contributed by atoms with van der Waals surface area (Å²) in [4.78, 5) is 36.4. The molecular formula is C22H16ClNO5S. The van der Waals surface area contributed by atoms with Gasteiger partial charge in [-0.25, -0.2) is 0 Å². The summed E-state index contributed by atoms with van der Waals surface area (Å²) in [6.45, 7) is 1.38. The molecule has 6 nitrogen and oxygen atoms in total. The Morgan fingerprint density at radius 3 is 2.63 bits per heavy atom. The molecule has 2 aromatic carbocycles. The number of carbonyl (C=O) groups is 2. The highest BCUT2D eigenvalue weighted by atomic mass is 35.5. The molecule has 30 heavy (non-hydrogen) atoms. The van der Waals surface area contributed by atoms with E-state index in [2.05, 4.69) is 17.2 Å². The molecule has 3 aromatic rings. The van der Waals surface area contributed by atoms with E-state index in [0.717, 1.165) is 16.9 Å². The lowest BCUT2D eigenvalue weighted by Crippen LogP contribution is -2.33. The number of ether oxygens (including phenoxy) is 1. The first-order valence-corrected chi connectivity index (χ1v) is 10.1. The van der Waals surface area contributed by atoms with Gasteiger partial charge in [-0.3, -0.25) is 14.4 Å². The zero-order chi connectivity index (χ0) is 21.7. The molecule has 0 unspecified atom stereocenters. The molecule has 2 N–H and O–H groups in total. The van der Waals surface area contributed by atoms with Crippen molar-refractivity contribution in [1.82, 2.24) is 5.32 Å². The Kier molecular flexibility index (Phi) is 6.72. The highest BCUT2D eigenvalue weighted by Gasteiger charge is 2.21. The van der Waals surface area contributed by atoms with E-state index in [1.165, 1.54) is 6.07 Å². The monoisotopic (exact) mass is 441 g/mol. The van der Waals surface area contributed by atoms with Crippen LogP contribution in [0.1, 0.15) is 28.4 Å². The Morgan fingerprint density at radius 1 is 1.20 bits per heavy atom. The van der Waals surface area contributed by atoms with Crippen LogP contribution in [0.4, 0.5) is 0 Å². The largest absolute Gasteiger partial charge is 0.506 e. The molecule has 152 valence electrons. The summed E-state index contributed by atoms with van der Waals surface area (Å²) in [7, 11) is 0. The molecular weight excluding hydrogens is 426 g/mol. The van der Waals surface area contributed by atoms with Gasteiger partial charge in [-0.1, -0.05) is 53.0 Å². The maximum Gasteiger partial charge on any atom is 0.325 e. The van der Waals surface area contributed by atoms with Crippen LogP contribution in [0.3, 0.4) is 0 Å². The number of amides is 1. The van der Waals surface area contributed by atoms with Gasteiger partial charge in [-0.2, -0.15) is 0 Å². The van der Waals surface area contributed by atoms with Crippen LogP contribution in [-0.2, 0) is 9.53 Å². The van der Waals surface area contributed by atoms with Crippen molar-refractivity contribution in [3.8, 4) is 17.6 Å². The van der Waals surface area contributed by atoms with Gasteiger partial charge in [0, 0.05) is 21.5 Å². The Bertz CT molecular complexity index is 1240. The second-order valence-corrected chi connectivity index (χ2v) is 7.47. The number of hydrogen-bond donors (Lipinski definition) is 2. The topological polar surface area (TPSA) is 92.7 Å². The van der Waals surface area contributed by atoms with Gasteiger partial charge in [0.2, 0.25) is 4.74 Å². The minimum Gasteiger partial charge on any atom is -0.506 e. The molecule has 0 spiro atoms. The quantitative estimate of drug-likeness (QED) is 0.478. The SMILES string of the molecule is CCOC(=O)CNC(=O)c1c(O)c2cc(Cl)cc(C#Cc3ccccc3)c2sc1=O. The normalized spacial score (nSPS) is 10.2. The minimum atomic E-state index is -0.874. The highest BCUT2D eigenvalue weighted by Crippen LogP contribution is 2.33. The number of benzene rings is 2. The van der Waals surface area contributed by atoms with E-state index >= 15 is 0 Å². The van der Waals surface area contributed by atoms with Crippen LogP contribution in [0.15, 0.2) is 47.3 Å². The summed E-state index contributed by atoms with van der Waals surface area (Å²) < 4.78 is 4.48. The van der Waals surface area contributed by atoms with Crippen LogP contribution < -0.4 is 10.1 Å². The third-order valence-electron chi connectivity index (χ3n) is 3.99. The van der Waals surface area contributed by atoms with Crippen molar-refractivity contribution in [2.75, 3.05) is 13.2 Å². The first kappa shape index (κ1) is 21.4. The summed E-state index contributed by atoms with van der Waals surface area (Å²) in [5.41, 5.74) is 0.774. The third-order valence-corrected chi connectivity index (χ3v) is 5.24. The predicted molar refractivity (Wildman–Crippen MR) is 116 cm³/mol. The molecule has 1 heterocycles. The van der Waals surface area contributed by atoms with Gasteiger partial charge in [-0.05, 0) is 31.2 Å². The number of fused-ring (bicyclic) bond motifs is 1. The molecule has 0 saturated carbocycles. The zero-order valence-corrected chi connectivity index (χ0v) is 17.4. The molecule has 1 aromatic heterocycles. The summed E-state index contributed by atoms with van der Waals surface area (Å²) in [6, 6.07) is 12.3. The number of nitrogens with one attached hydrogen (secondary N) is 1. The molecule has 0 aliphatic heterocycles. The van der Waals surface area contributed by atoms with E-state index in [1.807, 2.05) is 30.3 Å². The van der Waals surface area contributed by atoms with Gasteiger partial charge < -0.3 is 15.2 Å². The Hall–Kier alpha value is -3.34. The first-order chi connectivity index (χ1) is 14.4. The van der Waals surface area contributed by atoms with E-state index in [0.29, 0.717) is 15.3 Å². The lowest BCUT2D eigenvalue weighted by atomic mass is 10.1. The van der Waals surface area contributed by atoms with Crippen LogP contribution in [0.25, 0.3) is 10.1 Å². The molecule has 0 aliphatic carbocycles. The van der Waals surface area contributed by atoms with Gasteiger partial charge >= 0.3 is 5.97 Å². The van der Waals surface area contributed by atoms with Crippen LogP contribution in [0, 0.1) is 11.8 Å². The van der Waals surface area contributed by atoms with Crippen molar-refractivity contribution in [1.29, 1.82) is 0 Å². The van der Waals surface area contributed by atoms with Crippen molar-refractivity contribution in [3.63, 3.8) is 0 Å². The predicted octanol–water partition coefficient (Wildman–Crippen LogP) is 3.31. The van der Waals surface area contributed by atoms with Crippen LogP contribution in [0.2, 0.25) is 5.02 Å². The fraction of sp³-hybridized carbons (Fsp3) is 0.136. The van der Waals surface area contributed by atoms with Crippen molar-refractivity contribution in [2.45, 2.75) is 6.92 Å². The molecule has 0 atom stereocenters. The minimum absolute atomic E-state index is 0.163. The van der Waals surface area contributed by atoms with Gasteiger partial charge in [0.05, 0.1) is 11.3 Å². The molecule has 0 bridgehead atoms. The van der Waals surface area contributed by atoms with Crippen molar-refractivity contribution >= 4 is 44.9 Å². The maximum atomic E-state index is 12.6. The fourth-order valence-electron chi connectivity index (χ4n) is 2.66. The average Bonchev–Trinajstić information content (AvgIpc) is 2.72. The highest BCUT2D eigenvalue weighted by molar-refractivity contribution is 7.16. The lowest BCUT2D eigenvalue weighted by Gasteiger charge is -2.09. The summed E-state index contributed by atoms with van der Waals surface area (Å²) in [6.07, 6.45) is 0. The van der Waals surface area contributed by atoms with E-state index < -0.39 is 34.5 Å². The third kappa shape index (κ3) is 4.79. The van der Waals surface area contributed by atoms with E-state index in [4.69, 9.17) is 16.3 Å². The van der Waals surface area contributed by atoms with Crippen LogP contribution in [0.5, 0.6) is 5.75 Å². The molecule has 1 amide bonds. The lowest BCUT2D eigenvalue weighted by molar-refractivity contribution is -0.141. The number of hydrogen-bond acceptors (Lipinski definition) is 6. The standard InChI is InChI=1S/C22H16ClNO5S/c1-2-29-17(25)12-24-21(27)18-19(26)16-11-15(23)10-14(20(16)30-22(18)28)9-8-13-6-4-3-5-7-13/h3-7,10-11,26H,2,12H2,1H3,(H,24,27). The van der Waals surface area contributed by atoms with Gasteiger partial charge in [-0.15, -0.1) is 0 Å². The molecule has 3 rings (SSSR count). The van der Waals surface area contributed by atoms with E-state index in [9.17, 15) is 19.5 Å². The van der Waals surface area contributed by atoms with Crippen molar-refractivity contribution in [2.24, 2.45) is 0 Å². The maximum absolute atomic E-state index is 12.6. The summed E-state index contributed by atoms with van der Waals surface area (Å²) in [5, 5.41) is 13.4. The summed E-state index contributed by atoms with van der Waals surface area (Å²) in [5.74, 6) is 3.91. The van der Waals surface area contributed by atoms with Crippen molar-refractivity contribution in [3.05, 3.63) is 73.7 Å². The molecule has 8 heteroatoms. The number of carbonyl (C=O) groups excluding carboxylic acids is 2. The number of esters is 1. The van der Waals surface area contributed by atoms with Crippen LogP contribution >= 0.6 is 22.9 Å². The summed E-state index contributed by atoms with van der Waals surface area (Å²) >= 11 is 6.94. The van der Waals surface area contributed by atoms with Crippen LogP contribution in [-0.4, -0.2) is 30.1 Å². The Morgan fingerprint density at radius 2 is 1.93 bits per heavy atom. The fourth-order valence-corrected chi connectivity index (χ4v) is 3.84. The Balaban J connectivity index is 2.04. The Labute approximate surface area is 181 Å². The average molecular weight is 442 g/mol. The van der Waals surface area contributed by atoms with Crippen molar-refractivity contribution < 1.29 is 19.4 Å². The van der Waals surface area contributed by atoms with Gasteiger partial charge in [0.1, 0.15) is 17.9 Å². The number of halogens is 1. The smallest absolute Gasteiger partial charge is 0.325 e. The van der Waals surface area contributed by atoms with Gasteiger partial charge in [0.25, 0.3) is 5.91 Å². The van der Waals surface area contributed by atoms with Gasteiger partial charge in [0.15, 0.2) is 0 Å². The molecule has 0 radical (unpaired) electrons. The second kappa shape index (κ2) is 9.44. The van der Waals surface area contributed by atoms with E-state index in [1.54, 1.807) is 13.0 Å². The zero-order valence-electron chi connectivity index (χ0n) is 15.8. The number of aromatic hydroxyl groups is 1. The first-order valence-electron chi connectivity index (χ1n) is 8.91. The van der Waals surface area contributed by atoms with E-state index in [-0.39, 0.29) is 12.0 Å². The second-order valence-electron chi connectivity index (χ2n) is 6.05. The molecule has 0 fully saturated rings.